The fraction of sp³-hybridized carbons (Fsp3) is 0.500. The van der Waals surface area contributed by atoms with Gasteiger partial charge in [-0.05, 0) is 20.8 Å². The highest BCUT2D eigenvalue weighted by Gasteiger charge is 2.22. The van der Waals surface area contributed by atoms with Gasteiger partial charge in [-0.25, -0.2) is 9.78 Å². The number of anilines is 1. The Morgan fingerprint density at radius 3 is 2.31 bits per heavy atom. The zero-order valence-electron chi connectivity index (χ0n) is 9.64. The molecule has 6 heteroatoms. The number of aryl methyl sites for hydroxylation is 1. The van der Waals surface area contributed by atoms with Crippen LogP contribution in [0.15, 0.2) is 0 Å². The normalized spacial score (nSPS) is 10.6. The van der Waals surface area contributed by atoms with Gasteiger partial charge in [-0.2, -0.15) is 0 Å². The average Bonchev–Trinajstić information content (AvgIpc) is 2.45. The maximum Gasteiger partial charge on any atom is 0.347 e. The highest BCUT2D eigenvalue weighted by molar-refractivity contribution is 7.17. The Morgan fingerprint density at radius 2 is 2.00 bits per heavy atom. The molecule has 5 nitrogen and oxygen atoms in total. The summed E-state index contributed by atoms with van der Waals surface area (Å²) >= 11 is 1.03. The lowest BCUT2D eigenvalue weighted by Gasteiger charge is -2.21. The van der Waals surface area contributed by atoms with Crippen LogP contribution in [0.2, 0.25) is 0 Å². The smallest absolute Gasteiger partial charge is 0.347 e. The van der Waals surface area contributed by atoms with E-state index in [2.05, 4.69) is 4.98 Å². The molecule has 0 saturated heterocycles. The monoisotopic (exact) mass is 242 g/mol. The first-order chi connectivity index (χ1) is 7.34. The minimum Gasteiger partial charge on any atom is -0.477 e. The predicted octanol–water partition coefficient (Wildman–Crippen LogP) is 1.91. The van der Waals surface area contributed by atoms with Gasteiger partial charge in [-0.15, -0.1) is 0 Å². The number of thiazole rings is 1. The summed E-state index contributed by atoms with van der Waals surface area (Å²) in [6.45, 7) is 6.79. The fourth-order valence-corrected chi connectivity index (χ4v) is 2.49. The van der Waals surface area contributed by atoms with Gasteiger partial charge in [0.05, 0.1) is 5.69 Å². The van der Waals surface area contributed by atoms with Crippen molar-refractivity contribution in [3.8, 4) is 0 Å². The first-order valence-electron chi connectivity index (χ1n) is 4.85. The van der Waals surface area contributed by atoms with E-state index in [-0.39, 0.29) is 16.8 Å². The number of aromatic carboxylic acids is 1. The number of hydrogen-bond acceptors (Lipinski definition) is 4. The minimum atomic E-state index is -1.01. The van der Waals surface area contributed by atoms with E-state index in [4.69, 9.17) is 5.11 Å². The molecule has 1 rings (SSSR count). The Labute approximate surface area is 97.7 Å². The first-order valence-corrected chi connectivity index (χ1v) is 5.66. The van der Waals surface area contributed by atoms with Gasteiger partial charge in [0.15, 0.2) is 5.13 Å². The molecule has 0 radical (unpaired) electrons. The molecule has 0 aliphatic rings. The summed E-state index contributed by atoms with van der Waals surface area (Å²) in [7, 11) is 0. The molecule has 0 atom stereocenters. The molecule has 16 heavy (non-hydrogen) atoms. The fourth-order valence-electron chi connectivity index (χ4n) is 1.40. The van der Waals surface area contributed by atoms with Crippen LogP contribution in [0.3, 0.4) is 0 Å². The Kier molecular flexibility index (Phi) is 3.64. The Balaban J connectivity index is 3.17. The van der Waals surface area contributed by atoms with Gasteiger partial charge in [0, 0.05) is 13.0 Å². The molecular weight excluding hydrogens is 228 g/mol. The number of carboxylic acids is 1. The number of nitrogens with zero attached hydrogens (tertiary/aromatic N) is 2. The van der Waals surface area contributed by atoms with E-state index in [1.165, 1.54) is 11.8 Å². The van der Waals surface area contributed by atoms with E-state index < -0.39 is 5.97 Å². The van der Waals surface area contributed by atoms with Gasteiger partial charge >= 0.3 is 5.97 Å². The number of carbonyl (C=O) groups excluding carboxylic acids is 1. The third-order valence-corrected chi connectivity index (χ3v) is 3.19. The van der Waals surface area contributed by atoms with Crippen molar-refractivity contribution in [2.75, 3.05) is 4.90 Å². The second kappa shape index (κ2) is 4.61. The van der Waals surface area contributed by atoms with Gasteiger partial charge < -0.3 is 5.11 Å². The molecule has 0 aliphatic carbocycles. The van der Waals surface area contributed by atoms with Crippen LogP contribution >= 0.6 is 11.3 Å². The summed E-state index contributed by atoms with van der Waals surface area (Å²) in [6, 6.07) is -0.0373. The van der Waals surface area contributed by atoms with Crippen LogP contribution in [0.25, 0.3) is 0 Å². The van der Waals surface area contributed by atoms with Gasteiger partial charge in [-0.3, -0.25) is 9.69 Å². The average molecular weight is 242 g/mol. The summed E-state index contributed by atoms with van der Waals surface area (Å²) in [5.74, 6) is -1.14. The van der Waals surface area contributed by atoms with Crippen LogP contribution in [0.1, 0.15) is 36.1 Å². The van der Waals surface area contributed by atoms with Crippen molar-refractivity contribution in [2.45, 2.75) is 33.7 Å². The summed E-state index contributed by atoms with van der Waals surface area (Å²) in [6.07, 6.45) is 0. The Bertz CT molecular complexity index is 426. The van der Waals surface area contributed by atoms with E-state index in [0.29, 0.717) is 10.8 Å². The quantitative estimate of drug-likeness (QED) is 0.879. The third kappa shape index (κ3) is 2.38. The van der Waals surface area contributed by atoms with E-state index >= 15 is 0 Å². The van der Waals surface area contributed by atoms with Crippen LogP contribution in [0.5, 0.6) is 0 Å². The van der Waals surface area contributed by atoms with Crippen molar-refractivity contribution in [3.05, 3.63) is 10.6 Å². The summed E-state index contributed by atoms with van der Waals surface area (Å²) in [4.78, 5) is 28.1. The maximum absolute atomic E-state index is 11.4. The lowest BCUT2D eigenvalue weighted by Crippen LogP contribution is -2.34. The molecule has 0 unspecified atom stereocenters. The molecule has 0 bridgehead atoms. The van der Waals surface area contributed by atoms with E-state index in [9.17, 15) is 9.59 Å². The maximum atomic E-state index is 11.4. The number of aromatic nitrogens is 1. The van der Waals surface area contributed by atoms with Gasteiger partial charge in [0.1, 0.15) is 4.88 Å². The topological polar surface area (TPSA) is 70.5 Å². The molecule has 1 aromatic heterocycles. The molecule has 1 heterocycles. The highest BCUT2D eigenvalue weighted by Crippen LogP contribution is 2.27. The molecule has 1 N–H and O–H groups in total. The standard InChI is InChI=1S/C10H14N2O3S/c1-5(2)12(7(4)13)10-11-6(3)8(16-10)9(14)15/h5H,1-4H3,(H,14,15). The molecule has 1 amide bonds. The van der Waals surface area contributed by atoms with Crippen molar-refractivity contribution in [1.29, 1.82) is 0 Å². The van der Waals surface area contributed by atoms with Crippen molar-refractivity contribution >= 4 is 28.3 Å². The van der Waals surface area contributed by atoms with Crippen molar-refractivity contribution in [2.24, 2.45) is 0 Å². The molecule has 0 saturated carbocycles. The molecule has 0 aromatic carbocycles. The van der Waals surface area contributed by atoms with Crippen molar-refractivity contribution in [1.82, 2.24) is 4.98 Å². The van der Waals surface area contributed by atoms with Gasteiger partial charge in [0.2, 0.25) is 5.91 Å². The van der Waals surface area contributed by atoms with Gasteiger partial charge in [-0.1, -0.05) is 11.3 Å². The first kappa shape index (κ1) is 12.6. The molecule has 0 fully saturated rings. The Hall–Kier alpha value is -1.43. The zero-order valence-corrected chi connectivity index (χ0v) is 10.5. The minimum absolute atomic E-state index is 0.0373. The number of carboxylic acid groups (broad SMARTS) is 1. The van der Waals surface area contributed by atoms with E-state index in [1.54, 1.807) is 6.92 Å². The SMILES string of the molecule is CC(=O)N(c1nc(C)c(C(=O)O)s1)C(C)C. The number of amides is 1. The van der Waals surface area contributed by atoms with Crippen LogP contribution in [0, 0.1) is 6.92 Å². The number of hydrogen-bond donors (Lipinski definition) is 1. The zero-order chi connectivity index (χ0) is 12.5. The van der Waals surface area contributed by atoms with E-state index in [1.807, 2.05) is 13.8 Å². The largest absolute Gasteiger partial charge is 0.477 e. The number of rotatable bonds is 3. The van der Waals surface area contributed by atoms with Gasteiger partial charge in [0.25, 0.3) is 0 Å². The second-order valence-corrected chi connectivity index (χ2v) is 4.68. The summed E-state index contributed by atoms with van der Waals surface area (Å²) in [5.41, 5.74) is 0.444. The lowest BCUT2D eigenvalue weighted by atomic mass is 10.3. The molecular formula is C10H14N2O3S. The Morgan fingerprint density at radius 1 is 1.44 bits per heavy atom. The van der Waals surface area contributed by atoms with Crippen LogP contribution in [0.4, 0.5) is 5.13 Å². The van der Waals surface area contributed by atoms with Crippen molar-refractivity contribution in [3.63, 3.8) is 0 Å². The summed E-state index contributed by atoms with van der Waals surface area (Å²) in [5, 5.41) is 9.35. The van der Waals surface area contributed by atoms with Crippen LogP contribution < -0.4 is 4.90 Å². The molecule has 88 valence electrons. The molecule has 0 spiro atoms. The predicted molar refractivity (Wildman–Crippen MR) is 62.1 cm³/mol. The molecule has 0 aliphatic heterocycles. The highest BCUT2D eigenvalue weighted by atomic mass is 32.1. The second-order valence-electron chi connectivity index (χ2n) is 3.70. The van der Waals surface area contributed by atoms with Crippen LogP contribution in [-0.4, -0.2) is 28.0 Å². The lowest BCUT2D eigenvalue weighted by molar-refractivity contribution is -0.116. The summed E-state index contributed by atoms with van der Waals surface area (Å²) < 4.78 is 0. The van der Waals surface area contributed by atoms with Crippen LogP contribution in [-0.2, 0) is 4.79 Å². The number of carbonyl (C=O) groups is 2. The third-order valence-electron chi connectivity index (χ3n) is 2.04. The molecule has 1 aromatic rings. The van der Waals surface area contributed by atoms with Crippen molar-refractivity contribution < 1.29 is 14.7 Å². The van der Waals surface area contributed by atoms with E-state index in [0.717, 1.165) is 11.3 Å².